The zero-order chi connectivity index (χ0) is 23.9. The fourth-order valence-corrected chi connectivity index (χ4v) is 5.78. The van der Waals surface area contributed by atoms with Gasteiger partial charge in [0.1, 0.15) is 11.6 Å². The van der Waals surface area contributed by atoms with Gasteiger partial charge in [0.2, 0.25) is 0 Å². The zero-order valence-electron chi connectivity index (χ0n) is 19.1. The summed E-state index contributed by atoms with van der Waals surface area (Å²) in [5.41, 5.74) is 3.78. The van der Waals surface area contributed by atoms with E-state index in [1.165, 1.54) is 4.88 Å². The number of rotatable bonds is 9. The van der Waals surface area contributed by atoms with Gasteiger partial charge >= 0.3 is 0 Å². The van der Waals surface area contributed by atoms with Gasteiger partial charge in [0.05, 0.1) is 17.1 Å². The van der Waals surface area contributed by atoms with Gasteiger partial charge < -0.3 is 14.8 Å². The Kier molecular flexibility index (Phi) is 8.19. The topological polar surface area (TPSA) is 59.9 Å². The minimum absolute atomic E-state index is 0.0673. The molecule has 1 heterocycles. The molecule has 0 radical (unpaired) electrons. The number of fused-ring (bicyclic) bond motifs is 1. The summed E-state index contributed by atoms with van der Waals surface area (Å²) < 4.78 is 12.0. The summed E-state index contributed by atoms with van der Waals surface area (Å²) in [5, 5.41) is 3.84. The Morgan fingerprint density at radius 1 is 1.24 bits per heavy atom. The van der Waals surface area contributed by atoms with Crippen LogP contribution in [0.4, 0.5) is 5.00 Å². The Morgan fingerprint density at radius 3 is 2.79 bits per heavy atom. The quantitative estimate of drug-likeness (QED) is 0.245. The van der Waals surface area contributed by atoms with Crippen LogP contribution in [0.3, 0.4) is 0 Å². The summed E-state index contributed by atoms with van der Waals surface area (Å²) in [7, 11) is 1.60. The van der Waals surface area contributed by atoms with Crippen LogP contribution in [0.15, 0.2) is 64.6 Å². The van der Waals surface area contributed by atoms with Crippen molar-refractivity contribution in [2.24, 2.45) is 4.99 Å². The molecular formula is C27H27BrN2O3S. The van der Waals surface area contributed by atoms with Crippen LogP contribution >= 0.6 is 27.3 Å². The van der Waals surface area contributed by atoms with Crippen LogP contribution in [0.25, 0.3) is 0 Å². The average Bonchev–Trinajstić information content (AvgIpc) is 3.24. The molecule has 5 nitrogen and oxygen atoms in total. The molecule has 0 saturated carbocycles. The van der Waals surface area contributed by atoms with E-state index < -0.39 is 0 Å². The molecule has 0 bridgehead atoms. The predicted octanol–water partition coefficient (Wildman–Crippen LogP) is 6.64. The molecule has 34 heavy (non-hydrogen) atoms. The Balaban J connectivity index is 1.61. The van der Waals surface area contributed by atoms with E-state index in [-0.39, 0.29) is 5.91 Å². The maximum absolute atomic E-state index is 13.3. The van der Waals surface area contributed by atoms with Crippen molar-refractivity contribution in [2.45, 2.75) is 32.2 Å². The normalized spacial score (nSPS) is 12.9. The fourth-order valence-electron chi connectivity index (χ4n) is 3.97. The molecule has 1 aliphatic carbocycles. The summed E-state index contributed by atoms with van der Waals surface area (Å²) in [4.78, 5) is 19.3. The summed E-state index contributed by atoms with van der Waals surface area (Å²) >= 11 is 5.18. The van der Waals surface area contributed by atoms with E-state index in [1.54, 1.807) is 30.7 Å². The van der Waals surface area contributed by atoms with Crippen LogP contribution in [-0.4, -0.2) is 25.8 Å². The van der Waals surface area contributed by atoms with Gasteiger partial charge in [-0.1, -0.05) is 43.0 Å². The number of amides is 1. The number of aryl methyl sites for hydroxylation is 1. The molecule has 0 saturated heterocycles. The van der Waals surface area contributed by atoms with Gasteiger partial charge in [-0.3, -0.25) is 4.79 Å². The van der Waals surface area contributed by atoms with E-state index in [0.717, 1.165) is 51.8 Å². The first kappa shape index (κ1) is 24.2. The maximum atomic E-state index is 13.3. The zero-order valence-corrected chi connectivity index (χ0v) is 21.5. The molecule has 1 aromatic heterocycles. The van der Waals surface area contributed by atoms with Gasteiger partial charge in [0.25, 0.3) is 5.91 Å². The third-order valence-corrected chi connectivity index (χ3v) is 7.39. The molecule has 1 aliphatic rings. The molecule has 0 aliphatic heterocycles. The lowest BCUT2D eigenvalue weighted by atomic mass is 9.95. The summed E-state index contributed by atoms with van der Waals surface area (Å²) in [6.45, 7) is 4.56. The highest BCUT2D eigenvalue weighted by atomic mass is 79.9. The van der Waals surface area contributed by atoms with Crippen LogP contribution in [0.2, 0.25) is 0 Å². The SMILES string of the molecule is C=CCOc1c(Br)cc(C=Nc2sc3c(c2C(=O)NCc2ccccc2)CCCC3)cc1OC. The largest absolute Gasteiger partial charge is 0.493 e. The lowest BCUT2D eigenvalue weighted by Gasteiger charge is -2.13. The van der Waals surface area contributed by atoms with Crippen molar-refractivity contribution >= 4 is 44.4 Å². The molecule has 4 rings (SSSR count). The van der Waals surface area contributed by atoms with Crippen LogP contribution in [0, 0.1) is 0 Å². The van der Waals surface area contributed by atoms with Crippen molar-refractivity contribution in [2.75, 3.05) is 13.7 Å². The number of halogens is 1. The molecule has 0 unspecified atom stereocenters. The minimum atomic E-state index is -0.0673. The lowest BCUT2D eigenvalue weighted by molar-refractivity contribution is 0.0951. The second-order valence-electron chi connectivity index (χ2n) is 7.95. The van der Waals surface area contributed by atoms with E-state index in [2.05, 4.69) is 27.8 Å². The third kappa shape index (κ3) is 5.59. The fraction of sp³-hybridized carbons (Fsp3) is 0.259. The van der Waals surface area contributed by atoms with Crippen LogP contribution < -0.4 is 14.8 Å². The first-order chi connectivity index (χ1) is 16.6. The number of methoxy groups -OCH3 is 1. The molecular weight excluding hydrogens is 512 g/mol. The number of hydrogen-bond donors (Lipinski definition) is 1. The molecule has 0 fully saturated rings. The smallest absolute Gasteiger partial charge is 0.254 e. The molecule has 0 atom stereocenters. The number of hydrogen-bond acceptors (Lipinski definition) is 5. The van der Waals surface area contributed by atoms with Crippen molar-refractivity contribution in [1.29, 1.82) is 0 Å². The highest BCUT2D eigenvalue weighted by molar-refractivity contribution is 9.10. The van der Waals surface area contributed by atoms with Crippen molar-refractivity contribution in [1.82, 2.24) is 5.32 Å². The standard InChI is InChI=1S/C27H27BrN2O3S/c1-3-13-33-25-21(28)14-19(15-22(25)32-2)17-30-27-24(20-11-7-8-12-23(20)34-27)26(31)29-16-18-9-5-4-6-10-18/h3-6,9-10,14-15,17H,1,7-8,11-13,16H2,2H3,(H,29,31). The number of thiophene rings is 1. The second-order valence-corrected chi connectivity index (χ2v) is 9.89. The Morgan fingerprint density at radius 2 is 2.03 bits per heavy atom. The monoisotopic (exact) mass is 538 g/mol. The van der Waals surface area contributed by atoms with Gasteiger partial charge in [0.15, 0.2) is 11.5 Å². The summed E-state index contributed by atoms with van der Waals surface area (Å²) in [6.07, 6.45) is 7.63. The molecule has 176 valence electrons. The van der Waals surface area contributed by atoms with Crippen LogP contribution in [0.5, 0.6) is 11.5 Å². The first-order valence-corrected chi connectivity index (χ1v) is 12.8. The van der Waals surface area contributed by atoms with E-state index in [4.69, 9.17) is 14.5 Å². The first-order valence-electron chi connectivity index (χ1n) is 11.2. The highest BCUT2D eigenvalue weighted by Gasteiger charge is 2.25. The van der Waals surface area contributed by atoms with Crippen molar-refractivity contribution in [3.05, 3.63) is 86.7 Å². The maximum Gasteiger partial charge on any atom is 0.254 e. The van der Waals surface area contributed by atoms with Gasteiger partial charge in [-0.25, -0.2) is 4.99 Å². The van der Waals surface area contributed by atoms with Crippen molar-refractivity contribution in [3.8, 4) is 11.5 Å². The predicted molar refractivity (Wildman–Crippen MR) is 142 cm³/mol. The molecule has 3 aromatic rings. The third-order valence-electron chi connectivity index (χ3n) is 5.60. The second kappa shape index (κ2) is 11.5. The summed E-state index contributed by atoms with van der Waals surface area (Å²) in [6, 6.07) is 13.7. The van der Waals surface area contributed by atoms with Crippen LogP contribution in [-0.2, 0) is 19.4 Å². The molecule has 1 N–H and O–H groups in total. The van der Waals surface area contributed by atoms with E-state index in [9.17, 15) is 4.79 Å². The number of carbonyl (C=O) groups is 1. The Labute approximate surface area is 212 Å². The number of nitrogens with one attached hydrogen (secondary N) is 1. The van der Waals surface area contributed by atoms with Gasteiger partial charge in [0, 0.05) is 17.6 Å². The van der Waals surface area contributed by atoms with Crippen LogP contribution in [0.1, 0.15) is 44.8 Å². The van der Waals surface area contributed by atoms with E-state index >= 15 is 0 Å². The Hall–Kier alpha value is -2.90. The van der Waals surface area contributed by atoms with Gasteiger partial charge in [-0.2, -0.15) is 0 Å². The number of nitrogens with zero attached hydrogens (tertiary/aromatic N) is 1. The molecule has 7 heteroatoms. The summed E-state index contributed by atoms with van der Waals surface area (Å²) in [5.74, 6) is 1.15. The Bertz CT molecular complexity index is 1200. The highest BCUT2D eigenvalue weighted by Crippen LogP contribution is 2.40. The number of benzene rings is 2. The van der Waals surface area contributed by atoms with Crippen molar-refractivity contribution in [3.63, 3.8) is 0 Å². The number of carbonyl (C=O) groups excluding carboxylic acids is 1. The minimum Gasteiger partial charge on any atom is -0.493 e. The van der Waals surface area contributed by atoms with Crippen molar-refractivity contribution < 1.29 is 14.3 Å². The number of aliphatic imine (C=N–C) groups is 1. The van der Waals surface area contributed by atoms with Gasteiger partial charge in [-0.15, -0.1) is 11.3 Å². The molecule has 0 spiro atoms. The van der Waals surface area contributed by atoms with E-state index in [1.807, 2.05) is 42.5 Å². The molecule has 1 amide bonds. The van der Waals surface area contributed by atoms with E-state index in [0.29, 0.717) is 30.2 Å². The molecule has 2 aromatic carbocycles. The lowest BCUT2D eigenvalue weighted by Crippen LogP contribution is -2.24. The van der Waals surface area contributed by atoms with Gasteiger partial charge in [-0.05, 0) is 70.4 Å². The average molecular weight is 539 g/mol. The number of ether oxygens (including phenoxy) is 2.